The summed E-state index contributed by atoms with van der Waals surface area (Å²) < 4.78 is 4.99. The van der Waals surface area contributed by atoms with E-state index in [1.165, 1.54) is 0 Å². The van der Waals surface area contributed by atoms with Gasteiger partial charge in [-0.3, -0.25) is 5.32 Å². The first-order valence-corrected chi connectivity index (χ1v) is 4.17. The van der Waals surface area contributed by atoms with Crippen LogP contribution < -0.4 is 11.1 Å². The lowest BCUT2D eigenvalue weighted by atomic mass is 10.2. The molecule has 2 atom stereocenters. The maximum Gasteiger partial charge on any atom is 0.121 e. The normalized spacial score (nSPS) is 15.2. The molecule has 0 bridgehead atoms. The molecule has 0 saturated heterocycles. The van der Waals surface area contributed by atoms with Crippen molar-refractivity contribution in [2.45, 2.75) is 32.0 Å². The quantitative estimate of drug-likeness (QED) is 0.560. The number of nitriles is 1. The van der Waals surface area contributed by atoms with Gasteiger partial charge in [-0.05, 0) is 6.42 Å². The van der Waals surface area contributed by atoms with E-state index in [-0.39, 0.29) is 12.3 Å². The minimum Gasteiger partial charge on any atom is -0.365 e. The van der Waals surface area contributed by atoms with Crippen molar-refractivity contribution < 1.29 is 4.74 Å². The van der Waals surface area contributed by atoms with E-state index >= 15 is 0 Å². The Morgan fingerprint density at radius 1 is 1.67 bits per heavy atom. The first-order chi connectivity index (χ1) is 5.78. The summed E-state index contributed by atoms with van der Waals surface area (Å²) in [5, 5.41) is 11.7. The summed E-state index contributed by atoms with van der Waals surface area (Å²) in [4.78, 5) is 0. The molecule has 0 amide bonds. The van der Waals surface area contributed by atoms with Crippen LogP contribution in [0.15, 0.2) is 0 Å². The SMILES string of the molecule is CCCC(C#N)NC(CN)OC. The Morgan fingerprint density at radius 3 is 2.67 bits per heavy atom. The molecule has 0 aliphatic rings. The summed E-state index contributed by atoms with van der Waals surface area (Å²) in [5.74, 6) is 0. The standard InChI is InChI=1S/C8H17N3O/c1-3-4-7(5-9)11-8(6-10)12-2/h7-8,11H,3-4,6,10H2,1-2H3. The third-order valence-electron chi connectivity index (χ3n) is 1.62. The Bertz CT molecular complexity index is 140. The summed E-state index contributed by atoms with van der Waals surface area (Å²) in [7, 11) is 1.57. The van der Waals surface area contributed by atoms with Crippen molar-refractivity contribution in [2.24, 2.45) is 5.73 Å². The van der Waals surface area contributed by atoms with Crippen molar-refractivity contribution in [1.82, 2.24) is 5.32 Å². The molecule has 0 aromatic rings. The van der Waals surface area contributed by atoms with Crippen LogP contribution in [0, 0.1) is 11.3 Å². The van der Waals surface area contributed by atoms with Crippen LogP contribution in [0.5, 0.6) is 0 Å². The fraction of sp³-hybridized carbons (Fsp3) is 0.875. The van der Waals surface area contributed by atoms with Gasteiger partial charge in [0.25, 0.3) is 0 Å². The Morgan fingerprint density at radius 2 is 2.33 bits per heavy atom. The predicted octanol–water partition coefficient (Wildman–Crippen LogP) is 0.199. The second-order valence-corrected chi connectivity index (χ2v) is 2.60. The van der Waals surface area contributed by atoms with E-state index in [9.17, 15) is 0 Å². The van der Waals surface area contributed by atoms with E-state index in [2.05, 4.69) is 11.4 Å². The van der Waals surface area contributed by atoms with E-state index in [1.54, 1.807) is 7.11 Å². The first-order valence-electron chi connectivity index (χ1n) is 4.17. The number of methoxy groups -OCH3 is 1. The zero-order valence-electron chi connectivity index (χ0n) is 7.71. The Labute approximate surface area is 73.7 Å². The van der Waals surface area contributed by atoms with Gasteiger partial charge < -0.3 is 10.5 Å². The maximum atomic E-state index is 8.69. The Balaban J connectivity index is 3.76. The zero-order valence-corrected chi connectivity index (χ0v) is 7.71. The van der Waals surface area contributed by atoms with Crippen molar-refractivity contribution in [3.8, 4) is 6.07 Å². The molecule has 0 rings (SSSR count). The summed E-state index contributed by atoms with van der Waals surface area (Å²) in [6, 6.07) is 2.01. The molecular formula is C8H17N3O. The molecule has 0 aromatic carbocycles. The van der Waals surface area contributed by atoms with Crippen LogP contribution >= 0.6 is 0 Å². The first kappa shape index (κ1) is 11.4. The number of nitrogens with two attached hydrogens (primary N) is 1. The number of hydrogen-bond acceptors (Lipinski definition) is 4. The Hall–Kier alpha value is -0.630. The highest BCUT2D eigenvalue weighted by atomic mass is 16.5. The van der Waals surface area contributed by atoms with Crippen LogP contribution in [-0.4, -0.2) is 25.9 Å². The van der Waals surface area contributed by atoms with Crippen molar-refractivity contribution in [3.05, 3.63) is 0 Å². The number of nitrogens with one attached hydrogen (secondary N) is 1. The molecule has 0 saturated carbocycles. The molecule has 0 aliphatic heterocycles. The van der Waals surface area contributed by atoms with Crippen molar-refractivity contribution in [3.63, 3.8) is 0 Å². The molecule has 2 unspecified atom stereocenters. The average molecular weight is 171 g/mol. The fourth-order valence-corrected chi connectivity index (χ4v) is 0.931. The van der Waals surface area contributed by atoms with Crippen LogP contribution in [-0.2, 0) is 4.74 Å². The van der Waals surface area contributed by atoms with Gasteiger partial charge in [-0.2, -0.15) is 5.26 Å². The zero-order chi connectivity index (χ0) is 9.40. The fourth-order valence-electron chi connectivity index (χ4n) is 0.931. The van der Waals surface area contributed by atoms with Gasteiger partial charge in [0.1, 0.15) is 6.23 Å². The van der Waals surface area contributed by atoms with Crippen LogP contribution in [0.1, 0.15) is 19.8 Å². The molecule has 4 heteroatoms. The second-order valence-electron chi connectivity index (χ2n) is 2.60. The van der Waals surface area contributed by atoms with Gasteiger partial charge in [-0.15, -0.1) is 0 Å². The van der Waals surface area contributed by atoms with E-state index in [1.807, 2.05) is 6.92 Å². The lowest BCUT2D eigenvalue weighted by Crippen LogP contribution is -2.43. The molecule has 3 N–H and O–H groups in total. The molecule has 70 valence electrons. The van der Waals surface area contributed by atoms with Gasteiger partial charge >= 0.3 is 0 Å². The van der Waals surface area contributed by atoms with Gasteiger partial charge in [-0.1, -0.05) is 13.3 Å². The summed E-state index contributed by atoms with van der Waals surface area (Å²) >= 11 is 0. The third-order valence-corrected chi connectivity index (χ3v) is 1.62. The van der Waals surface area contributed by atoms with E-state index in [4.69, 9.17) is 15.7 Å². The van der Waals surface area contributed by atoms with Gasteiger partial charge in [0.2, 0.25) is 0 Å². The van der Waals surface area contributed by atoms with Crippen molar-refractivity contribution in [1.29, 1.82) is 5.26 Å². The molecule has 0 radical (unpaired) electrons. The molecule has 0 aliphatic carbocycles. The van der Waals surface area contributed by atoms with Gasteiger partial charge in [0.05, 0.1) is 12.1 Å². The lowest BCUT2D eigenvalue weighted by molar-refractivity contribution is 0.0746. The minimum atomic E-state index is -0.207. The summed E-state index contributed by atoms with van der Waals surface area (Å²) in [5.41, 5.74) is 5.39. The average Bonchev–Trinajstić information content (AvgIpc) is 2.12. The highest BCUT2D eigenvalue weighted by molar-refractivity contribution is 4.90. The van der Waals surface area contributed by atoms with Crippen molar-refractivity contribution in [2.75, 3.05) is 13.7 Å². The van der Waals surface area contributed by atoms with Crippen LogP contribution in [0.4, 0.5) is 0 Å². The smallest absolute Gasteiger partial charge is 0.121 e. The number of ether oxygens (including phenoxy) is 1. The highest BCUT2D eigenvalue weighted by Gasteiger charge is 2.11. The number of nitrogens with zero attached hydrogens (tertiary/aromatic N) is 1. The topological polar surface area (TPSA) is 71.1 Å². The number of hydrogen-bond donors (Lipinski definition) is 2. The molecule has 4 nitrogen and oxygen atoms in total. The van der Waals surface area contributed by atoms with E-state index in [0.29, 0.717) is 6.54 Å². The predicted molar refractivity (Wildman–Crippen MR) is 47.3 cm³/mol. The third kappa shape index (κ3) is 4.29. The van der Waals surface area contributed by atoms with Gasteiger partial charge in [-0.25, -0.2) is 0 Å². The van der Waals surface area contributed by atoms with Gasteiger partial charge in [0.15, 0.2) is 0 Å². The monoisotopic (exact) mass is 171 g/mol. The summed E-state index contributed by atoms with van der Waals surface area (Å²) in [6.45, 7) is 2.43. The van der Waals surface area contributed by atoms with Crippen LogP contribution in [0.25, 0.3) is 0 Å². The molecule has 0 spiro atoms. The minimum absolute atomic E-state index is 0.150. The molecule has 0 fully saturated rings. The second kappa shape index (κ2) is 7.04. The van der Waals surface area contributed by atoms with Crippen LogP contribution in [0.2, 0.25) is 0 Å². The largest absolute Gasteiger partial charge is 0.365 e. The lowest BCUT2D eigenvalue weighted by Gasteiger charge is -2.18. The molecule has 0 aromatic heterocycles. The van der Waals surface area contributed by atoms with Crippen LogP contribution in [0.3, 0.4) is 0 Å². The molecule has 12 heavy (non-hydrogen) atoms. The molecule has 0 heterocycles. The van der Waals surface area contributed by atoms with E-state index in [0.717, 1.165) is 12.8 Å². The van der Waals surface area contributed by atoms with E-state index < -0.39 is 0 Å². The van der Waals surface area contributed by atoms with Crippen molar-refractivity contribution >= 4 is 0 Å². The number of rotatable bonds is 6. The maximum absolute atomic E-state index is 8.69. The molecular weight excluding hydrogens is 154 g/mol. The summed E-state index contributed by atoms with van der Waals surface area (Å²) in [6.07, 6.45) is 1.60. The highest BCUT2D eigenvalue weighted by Crippen LogP contribution is 1.96. The van der Waals surface area contributed by atoms with Gasteiger partial charge in [0, 0.05) is 13.7 Å². The Kier molecular flexibility index (Phi) is 6.67.